The van der Waals surface area contributed by atoms with E-state index in [1.54, 1.807) is 0 Å². The van der Waals surface area contributed by atoms with E-state index in [1.807, 2.05) is 13.1 Å². The molecule has 0 aliphatic carbocycles. The van der Waals surface area contributed by atoms with Crippen molar-refractivity contribution in [2.75, 3.05) is 0 Å². The van der Waals surface area contributed by atoms with Gasteiger partial charge in [-0.05, 0) is 35.8 Å². The topological polar surface area (TPSA) is 28.7 Å². The molecule has 0 atom stereocenters. The monoisotopic (exact) mass is 250 g/mol. The molecule has 0 aliphatic rings. The number of nitrogens with zero attached hydrogens (tertiary/aromatic N) is 1. The molecule has 0 radical (unpaired) electrons. The minimum absolute atomic E-state index is 0. The van der Waals surface area contributed by atoms with Gasteiger partial charge in [0.05, 0.1) is 11.9 Å². The predicted octanol–water partition coefficient (Wildman–Crippen LogP) is 4.82. The summed E-state index contributed by atoms with van der Waals surface area (Å²) >= 11 is 0. The summed E-state index contributed by atoms with van der Waals surface area (Å²) in [6.07, 6.45) is 1.88. The summed E-state index contributed by atoms with van der Waals surface area (Å²) in [5.74, 6) is 0.847. The van der Waals surface area contributed by atoms with Crippen molar-refractivity contribution in [2.24, 2.45) is 0 Å². The number of H-pyrrole nitrogens is 1. The Morgan fingerprint density at radius 2 is 1.89 bits per heavy atom. The van der Waals surface area contributed by atoms with E-state index in [0.29, 0.717) is 0 Å². The van der Waals surface area contributed by atoms with Gasteiger partial charge in [-0.2, -0.15) is 0 Å². The molecular weight excluding hydrogens is 232 g/mol. The minimum atomic E-state index is 0. The lowest BCUT2D eigenvalue weighted by molar-refractivity contribution is 1.23. The fourth-order valence-corrected chi connectivity index (χ4v) is 2.36. The van der Waals surface area contributed by atoms with Crippen LogP contribution in [0.15, 0.2) is 49.2 Å². The smallest absolute Gasteiger partial charge is 0.132 e. The van der Waals surface area contributed by atoms with Gasteiger partial charge in [0.1, 0.15) is 5.82 Å². The third-order valence-electron chi connectivity index (χ3n) is 3.41. The number of hydrogen-bond acceptors (Lipinski definition) is 1. The Morgan fingerprint density at radius 3 is 2.58 bits per heavy atom. The molecule has 0 amide bonds. The van der Waals surface area contributed by atoms with E-state index >= 15 is 0 Å². The molecule has 0 saturated carbocycles. The number of allylic oxidation sites excluding steroid dienone is 1. The van der Waals surface area contributed by atoms with Gasteiger partial charge in [0.15, 0.2) is 0 Å². The van der Waals surface area contributed by atoms with Crippen molar-refractivity contribution in [3.05, 3.63) is 60.6 Å². The van der Waals surface area contributed by atoms with Crippen LogP contribution in [0.2, 0.25) is 0 Å². The first-order chi connectivity index (χ1) is 9.16. The lowest BCUT2D eigenvalue weighted by atomic mass is 9.99. The molecule has 2 nitrogen and oxygen atoms in total. The Bertz CT molecular complexity index is 772. The summed E-state index contributed by atoms with van der Waals surface area (Å²) in [6.45, 7) is 8.01. The molecule has 96 valence electrons. The van der Waals surface area contributed by atoms with Crippen LogP contribution in [0.25, 0.3) is 27.6 Å². The molecule has 1 heterocycles. The fourth-order valence-electron chi connectivity index (χ4n) is 2.36. The van der Waals surface area contributed by atoms with Crippen LogP contribution in [0, 0.1) is 6.92 Å². The number of aromatic amines is 1. The summed E-state index contributed by atoms with van der Waals surface area (Å²) in [5.41, 5.74) is 4.46. The number of aromatic nitrogens is 2. The molecule has 1 aromatic heterocycles. The Labute approximate surface area is 114 Å². The second-order valence-corrected chi connectivity index (χ2v) is 4.90. The molecule has 0 unspecified atom stereocenters. The van der Waals surface area contributed by atoms with Crippen molar-refractivity contribution >= 4 is 16.3 Å². The molecular formula is C17H18N2. The Hall–Kier alpha value is -2.35. The highest BCUT2D eigenvalue weighted by atomic mass is 14.9. The van der Waals surface area contributed by atoms with Crippen LogP contribution in [-0.4, -0.2) is 9.97 Å². The number of fused-ring (bicyclic) bond motifs is 1. The van der Waals surface area contributed by atoms with Gasteiger partial charge in [0.25, 0.3) is 0 Å². The van der Waals surface area contributed by atoms with Gasteiger partial charge in [-0.25, -0.2) is 4.98 Å². The predicted molar refractivity (Wildman–Crippen MR) is 83.1 cm³/mol. The first kappa shape index (κ1) is 11.7. The molecule has 0 fully saturated rings. The van der Waals surface area contributed by atoms with Crippen LogP contribution >= 0.6 is 0 Å². The molecule has 3 aromatic rings. The molecule has 2 aromatic carbocycles. The maximum atomic E-state index is 4.37. The second kappa shape index (κ2) is 4.39. The van der Waals surface area contributed by atoms with Crippen LogP contribution in [0.4, 0.5) is 0 Å². The van der Waals surface area contributed by atoms with Gasteiger partial charge in [-0.1, -0.05) is 43.0 Å². The maximum absolute atomic E-state index is 4.37. The summed E-state index contributed by atoms with van der Waals surface area (Å²) in [6, 6.07) is 12.8. The normalized spacial score (nSPS) is 10.8. The van der Waals surface area contributed by atoms with Crippen molar-refractivity contribution in [3.8, 4) is 11.3 Å². The van der Waals surface area contributed by atoms with Gasteiger partial charge in [0.2, 0.25) is 0 Å². The zero-order chi connectivity index (χ0) is 13.4. The summed E-state index contributed by atoms with van der Waals surface area (Å²) in [5, 5.41) is 2.53. The number of benzene rings is 2. The summed E-state index contributed by atoms with van der Waals surface area (Å²) < 4.78 is 0. The van der Waals surface area contributed by atoms with Crippen molar-refractivity contribution in [3.63, 3.8) is 0 Å². The van der Waals surface area contributed by atoms with Gasteiger partial charge in [-0.3, -0.25) is 0 Å². The SMILES string of the molecule is C=C(C)c1ncc(-c2ccc(C)c3ccccc23)[nH]1.[HH]. The van der Waals surface area contributed by atoms with Gasteiger partial charge in [0, 0.05) is 6.99 Å². The van der Waals surface area contributed by atoms with Gasteiger partial charge >= 0.3 is 0 Å². The third-order valence-corrected chi connectivity index (χ3v) is 3.41. The van der Waals surface area contributed by atoms with Crippen molar-refractivity contribution < 1.29 is 1.43 Å². The first-order valence-corrected chi connectivity index (χ1v) is 6.36. The van der Waals surface area contributed by atoms with E-state index in [1.165, 1.54) is 21.9 Å². The second-order valence-electron chi connectivity index (χ2n) is 4.90. The number of rotatable bonds is 2. The average Bonchev–Trinajstić information content (AvgIpc) is 2.89. The molecule has 0 aliphatic heterocycles. The van der Waals surface area contributed by atoms with Gasteiger partial charge < -0.3 is 4.98 Å². The summed E-state index contributed by atoms with van der Waals surface area (Å²) in [7, 11) is 0. The molecule has 0 bridgehead atoms. The first-order valence-electron chi connectivity index (χ1n) is 6.36. The van der Waals surface area contributed by atoms with Crippen molar-refractivity contribution in [1.82, 2.24) is 9.97 Å². The van der Waals surface area contributed by atoms with Crippen molar-refractivity contribution in [2.45, 2.75) is 13.8 Å². The number of nitrogens with one attached hydrogen (secondary N) is 1. The van der Waals surface area contributed by atoms with Crippen LogP contribution in [0.1, 0.15) is 19.7 Å². The zero-order valence-electron chi connectivity index (χ0n) is 11.2. The van der Waals surface area contributed by atoms with E-state index in [4.69, 9.17) is 0 Å². The summed E-state index contributed by atoms with van der Waals surface area (Å²) in [4.78, 5) is 7.70. The highest BCUT2D eigenvalue weighted by Crippen LogP contribution is 2.29. The lowest BCUT2D eigenvalue weighted by Gasteiger charge is -2.07. The van der Waals surface area contributed by atoms with Crippen LogP contribution in [0.5, 0.6) is 0 Å². The zero-order valence-corrected chi connectivity index (χ0v) is 11.2. The molecule has 0 saturated heterocycles. The number of imidazole rings is 1. The Morgan fingerprint density at radius 1 is 1.16 bits per heavy atom. The third kappa shape index (κ3) is 1.95. The molecule has 3 rings (SSSR count). The maximum Gasteiger partial charge on any atom is 0.132 e. The average molecular weight is 250 g/mol. The molecule has 0 spiro atoms. The minimum Gasteiger partial charge on any atom is -0.338 e. The van der Waals surface area contributed by atoms with E-state index < -0.39 is 0 Å². The van der Waals surface area contributed by atoms with E-state index in [-0.39, 0.29) is 1.43 Å². The largest absolute Gasteiger partial charge is 0.338 e. The molecule has 2 heteroatoms. The van der Waals surface area contributed by atoms with E-state index in [9.17, 15) is 0 Å². The lowest BCUT2D eigenvalue weighted by Crippen LogP contribution is -1.85. The standard InChI is InChI=1S/C17H16N2.H2/c1-11(2)17-18-10-16(19-17)15-9-8-12(3)13-6-4-5-7-14(13)15;/h4-10H,1H2,2-3H3,(H,18,19);1H. The highest BCUT2D eigenvalue weighted by Gasteiger charge is 2.08. The fraction of sp³-hybridized carbons (Fsp3) is 0.118. The quantitative estimate of drug-likeness (QED) is 0.694. The van der Waals surface area contributed by atoms with E-state index in [2.05, 4.69) is 59.9 Å². The van der Waals surface area contributed by atoms with Gasteiger partial charge in [-0.15, -0.1) is 0 Å². The van der Waals surface area contributed by atoms with Crippen molar-refractivity contribution in [1.29, 1.82) is 0 Å². The number of hydrogen-bond donors (Lipinski definition) is 1. The molecule has 19 heavy (non-hydrogen) atoms. The molecule has 1 N–H and O–H groups in total. The van der Waals surface area contributed by atoms with E-state index in [0.717, 1.165) is 17.1 Å². The number of aryl methyl sites for hydroxylation is 1. The highest BCUT2D eigenvalue weighted by molar-refractivity contribution is 5.97. The Kier molecular flexibility index (Phi) is 2.71. The Balaban J connectivity index is 0.00000147. The van der Waals surface area contributed by atoms with Crippen LogP contribution in [-0.2, 0) is 0 Å². The van der Waals surface area contributed by atoms with Crippen LogP contribution in [0.3, 0.4) is 0 Å². The van der Waals surface area contributed by atoms with Crippen LogP contribution < -0.4 is 0 Å².